The van der Waals surface area contributed by atoms with Gasteiger partial charge in [0.15, 0.2) is 5.82 Å². The molecule has 9 nitrogen and oxygen atoms in total. The van der Waals surface area contributed by atoms with E-state index in [1.807, 2.05) is 30.3 Å². The molecule has 35 heavy (non-hydrogen) atoms. The molecular formula is C26H22N6O3. The summed E-state index contributed by atoms with van der Waals surface area (Å²) in [6.45, 7) is 1.14. The second kappa shape index (κ2) is 9.73. The summed E-state index contributed by atoms with van der Waals surface area (Å²) in [5.41, 5.74) is 2.78. The molecule has 0 saturated carbocycles. The Morgan fingerprint density at radius 2 is 1.80 bits per heavy atom. The van der Waals surface area contributed by atoms with Crippen molar-refractivity contribution < 1.29 is 14.3 Å². The van der Waals surface area contributed by atoms with E-state index >= 15 is 0 Å². The molecule has 4 aromatic rings. The van der Waals surface area contributed by atoms with Crippen LogP contribution in [0.1, 0.15) is 47.1 Å². The normalized spacial score (nSPS) is 14.0. The van der Waals surface area contributed by atoms with Crippen LogP contribution in [0, 0.1) is 11.3 Å². The fourth-order valence-corrected chi connectivity index (χ4v) is 4.26. The predicted molar refractivity (Wildman–Crippen MR) is 127 cm³/mol. The Morgan fingerprint density at radius 1 is 1.06 bits per heavy atom. The van der Waals surface area contributed by atoms with E-state index in [0.29, 0.717) is 30.3 Å². The molecule has 1 amide bonds. The Kier molecular flexibility index (Phi) is 6.18. The SMILES string of the molecule is N#CCC(=O)N1CCC(c2nccnc2Oc2ccc(C(=O)c3nc4ccccc4[nH]3)cc2)CC1. The van der Waals surface area contributed by atoms with Crippen LogP contribution < -0.4 is 4.74 Å². The molecule has 0 radical (unpaired) electrons. The average Bonchev–Trinajstić information content (AvgIpc) is 3.34. The van der Waals surface area contributed by atoms with Gasteiger partial charge in [-0.05, 0) is 49.2 Å². The van der Waals surface area contributed by atoms with Crippen LogP contribution in [0.25, 0.3) is 11.0 Å². The Balaban J connectivity index is 1.28. The number of para-hydroxylation sites is 2. The third kappa shape index (κ3) is 4.73. The summed E-state index contributed by atoms with van der Waals surface area (Å²) in [7, 11) is 0. The number of piperidine rings is 1. The number of hydrogen-bond acceptors (Lipinski definition) is 7. The van der Waals surface area contributed by atoms with Gasteiger partial charge in [0.25, 0.3) is 0 Å². The smallest absolute Gasteiger partial charge is 0.241 e. The van der Waals surface area contributed by atoms with E-state index in [9.17, 15) is 9.59 Å². The number of nitrogens with one attached hydrogen (secondary N) is 1. The van der Waals surface area contributed by atoms with Crippen molar-refractivity contribution >= 4 is 22.7 Å². The van der Waals surface area contributed by atoms with Gasteiger partial charge in [0.2, 0.25) is 17.6 Å². The van der Waals surface area contributed by atoms with Gasteiger partial charge >= 0.3 is 0 Å². The van der Waals surface area contributed by atoms with Crippen LogP contribution in [0.15, 0.2) is 60.9 Å². The predicted octanol–water partition coefficient (Wildman–Crippen LogP) is 4.00. The number of carbonyl (C=O) groups excluding carboxylic acids is 2. The summed E-state index contributed by atoms with van der Waals surface area (Å²) < 4.78 is 6.03. The van der Waals surface area contributed by atoms with Crippen LogP contribution in [0.5, 0.6) is 11.6 Å². The van der Waals surface area contributed by atoms with E-state index < -0.39 is 0 Å². The van der Waals surface area contributed by atoms with Gasteiger partial charge in [0, 0.05) is 37.0 Å². The monoisotopic (exact) mass is 466 g/mol. The van der Waals surface area contributed by atoms with Crippen LogP contribution >= 0.6 is 0 Å². The highest BCUT2D eigenvalue weighted by Crippen LogP contribution is 2.33. The number of likely N-dealkylation sites (tertiary alicyclic amines) is 1. The minimum atomic E-state index is -0.203. The summed E-state index contributed by atoms with van der Waals surface area (Å²) in [6, 6.07) is 16.2. The van der Waals surface area contributed by atoms with Gasteiger partial charge < -0.3 is 14.6 Å². The molecule has 9 heteroatoms. The zero-order chi connectivity index (χ0) is 24.2. The molecule has 0 aliphatic carbocycles. The lowest BCUT2D eigenvalue weighted by molar-refractivity contribution is -0.131. The second-order valence-electron chi connectivity index (χ2n) is 8.29. The maximum absolute atomic E-state index is 12.9. The molecule has 0 unspecified atom stereocenters. The number of aromatic nitrogens is 4. The Bertz CT molecular complexity index is 1380. The number of aromatic amines is 1. The highest BCUT2D eigenvalue weighted by atomic mass is 16.5. The number of nitrogens with zero attached hydrogens (tertiary/aromatic N) is 5. The number of amides is 1. The molecule has 1 N–H and O–H groups in total. The van der Waals surface area contributed by atoms with Crippen LogP contribution in [-0.4, -0.2) is 49.6 Å². The lowest BCUT2D eigenvalue weighted by Crippen LogP contribution is -2.37. The largest absolute Gasteiger partial charge is 0.437 e. The van der Waals surface area contributed by atoms with E-state index in [4.69, 9.17) is 10.00 Å². The number of ether oxygens (including phenoxy) is 1. The zero-order valence-electron chi connectivity index (χ0n) is 18.8. The van der Waals surface area contributed by atoms with Crippen molar-refractivity contribution in [2.24, 2.45) is 0 Å². The van der Waals surface area contributed by atoms with E-state index in [0.717, 1.165) is 29.6 Å². The first-order chi connectivity index (χ1) is 17.1. The third-order valence-corrected chi connectivity index (χ3v) is 6.09. The molecule has 2 aromatic heterocycles. The topological polar surface area (TPSA) is 125 Å². The second-order valence-corrected chi connectivity index (χ2v) is 8.29. The number of hydrogen-bond donors (Lipinski definition) is 1. The first-order valence-electron chi connectivity index (χ1n) is 11.4. The van der Waals surface area contributed by atoms with Crippen molar-refractivity contribution in [2.75, 3.05) is 13.1 Å². The maximum Gasteiger partial charge on any atom is 0.241 e. The number of benzene rings is 2. The van der Waals surface area contributed by atoms with Crippen LogP contribution in [0.2, 0.25) is 0 Å². The standard InChI is InChI=1S/C26H22N6O3/c27-12-9-22(33)32-15-10-17(11-16-32)23-26(29-14-13-28-23)35-19-7-5-18(6-8-19)24(34)25-30-20-3-1-2-4-21(20)31-25/h1-8,13-14,17H,9-11,15-16H2,(H,30,31). The van der Waals surface area contributed by atoms with Gasteiger partial charge in [0.05, 0.1) is 17.1 Å². The van der Waals surface area contributed by atoms with Crippen molar-refractivity contribution in [2.45, 2.75) is 25.2 Å². The van der Waals surface area contributed by atoms with Crippen molar-refractivity contribution in [3.05, 3.63) is 78.0 Å². The molecule has 1 fully saturated rings. The maximum atomic E-state index is 12.9. The molecule has 1 aliphatic rings. The third-order valence-electron chi connectivity index (χ3n) is 6.09. The molecular weight excluding hydrogens is 444 g/mol. The van der Waals surface area contributed by atoms with E-state index in [2.05, 4.69) is 19.9 Å². The molecule has 0 atom stereocenters. The molecule has 5 rings (SSSR count). The average molecular weight is 467 g/mol. The quantitative estimate of drug-likeness (QED) is 0.426. The highest BCUT2D eigenvalue weighted by Gasteiger charge is 2.27. The Hall–Kier alpha value is -4.58. The first kappa shape index (κ1) is 22.2. The molecule has 0 spiro atoms. The minimum absolute atomic E-state index is 0.0961. The fourth-order valence-electron chi connectivity index (χ4n) is 4.26. The van der Waals surface area contributed by atoms with Gasteiger partial charge in [-0.3, -0.25) is 14.6 Å². The fraction of sp³-hybridized carbons (Fsp3) is 0.231. The van der Waals surface area contributed by atoms with Crippen LogP contribution in [0.4, 0.5) is 0 Å². The van der Waals surface area contributed by atoms with Crippen LogP contribution in [0.3, 0.4) is 0 Å². The number of ketones is 1. The number of imidazole rings is 1. The number of H-pyrrole nitrogens is 1. The van der Waals surface area contributed by atoms with Gasteiger partial charge in [-0.15, -0.1) is 0 Å². The van der Waals surface area contributed by atoms with E-state index in [-0.39, 0.29) is 29.9 Å². The lowest BCUT2D eigenvalue weighted by atomic mass is 9.93. The van der Waals surface area contributed by atoms with Crippen LogP contribution in [-0.2, 0) is 4.79 Å². The molecule has 174 valence electrons. The number of fused-ring (bicyclic) bond motifs is 1. The Labute approximate surface area is 201 Å². The van der Waals surface area contributed by atoms with E-state index in [1.165, 1.54) is 0 Å². The van der Waals surface area contributed by atoms with Crippen molar-refractivity contribution in [3.63, 3.8) is 0 Å². The summed E-state index contributed by atoms with van der Waals surface area (Å²) in [4.78, 5) is 42.9. The summed E-state index contributed by atoms with van der Waals surface area (Å²) in [5, 5.41) is 8.75. The summed E-state index contributed by atoms with van der Waals surface area (Å²) >= 11 is 0. The van der Waals surface area contributed by atoms with Crippen molar-refractivity contribution in [1.82, 2.24) is 24.8 Å². The van der Waals surface area contributed by atoms with Gasteiger partial charge in [-0.25, -0.2) is 9.97 Å². The Morgan fingerprint density at radius 3 is 2.54 bits per heavy atom. The number of nitriles is 1. The minimum Gasteiger partial charge on any atom is -0.437 e. The van der Waals surface area contributed by atoms with E-state index in [1.54, 1.807) is 41.6 Å². The van der Waals surface area contributed by atoms with Crippen molar-refractivity contribution in [3.8, 4) is 17.7 Å². The van der Waals surface area contributed by atoms with Crippen molar-refractivity contribution in [1.29, 1.82) is 5.26 Å². The van der Waals surface area contributed by atoms with Gasteiger partial charge in [-0.1, -0.05) is 12.1 Å². The lowest BCUT2D eigenvalue weighted by Gasteiger charge is -2.31. The van der Waals surface area contributed by atoms with Gasteiger partial charge in [-0.2, -0.15) is 5.26 Å². The van der Waals surface area contributed by atoms with Gasteiger partial charge in [0.1, 0.15) is 17.9 Å². The first-order valence-corrected chi connectivity index (χ1v) is 11.4. The molecule has 1 saturated heterocycles. The summed E-state index contributed by atoms with van der Waals surface area (Å²) in [6.07, 6.45) is 4.54. The molecule has 2 aromatic carbocycles. The summed E-state index contributed by atoms with van der Waals surface area (Å²) in [5.74, 6) is 0.985. The zero-order valence-corrected chi connectivity index (χ0v) is 18.8. The molecule has 0 bridgehead atoms. The highest BCUT2D eigenvalue weighted by molar-refractivity contribution is 6.08. The molecule has 1 aliphatic heterocycles. The number of rotatable bonds is 6. The number of carbonyl (C=O) groups is 2. The molecule has 3 heterocycles.